The molecule has 21 heavy (non-hydrogen) atoms. The average Bonchev–Trinajstić information content (AvgIpc) is 2.88. The molecule has 3 rings (SSSR count). The van der Waals surface area contributed by atoms with Gasteiger partial charge in [0.25, 0.3) is 0 Å². The van der Waals surface area contributed by atoms with E-state index in [9.17, 15) is 5.11 Å². The fourth-order valence-corrected chi connectivity index (χ4v) is 4.39. The minimum atomic E-state index is -1.02. The number of hydrogen-bond donors (Lipinski definition) is 2. The third-order valence-electron chi connectivity index (χ3n) is 5.03. The van der Waals surface area contributed by atoms with Gasteiger partial charge in [-0.3, -0.25) is 0 Å². The van der Waals surface area contributed by atoms with E-state index in [1.165, 1.54) is 11.1 Å². The number of fused-ring (bicyclic) bond motifs is 1. The Labute approximate surface area is 134 Å². The van der Waals surface area contributed by atoms with Gasteiger partial charge in [-0.1, -0.05) is 58.4 Å². The second-order valence-corrected chi connectivity index (χ2v) is 6.85. The van der Waals surface area contributed by atoms with Crippen LogP contribution in [0, 0.1) is 0 Å². The monoisotopic (exact) mass is 345 g/mol. The van der Waals surface area contributed by atoms with Crippen molar-refractivity contribution in [3.05, 3.63) is 69.7 Å². The van der Waals surface area contributed by atoms with Crippen molar-refractivity contribution in [2.24, 2.45) is 5.73 Å². The lowest BCUT2D eigenvalue weighted by Gasteiger charge is -2.44. The molecule has 2 aromatic carbocycles. The van der Waals surface area contributed by atoms with E-state index in [0.29, 0.717) is 6.54 Å². The Hall–Kier alpha value is -1.16. The zero-order chi connectivity index (χ0) is 15.1. The molecule has 1 aliphatic rings. The van der Waals surface area contributed by atoms with Crippen molar-refractivity contribution in [1.29, 1.82) is 0 Å². The first-order chi connectivity index (χ1) is 10.0. The number of hydrogen-bond acceptors (Lipinski definition) is 2. The predicted octanol–water partition coefficient (Wildman–Crippen LogP) is 3.50. The maximum absolute atomic E-state index is 11.5. The van der Waals surface area contributed by atoms with Crippen molar-refractivity contribution in [2.75, 3.05) is 6.54 Å². The molecule has 0 amide bonds. The molecule has 0 radical (unpaired) electrons. The van der Waals surface area contributed by atoms with Crippen molar-refractivity contribution in [1.82, 2.24) is 0 Å². The summed E-state index contributed by atoms with van der Waals surface area (Å²) in [5.41, 5.74) is 8.11. The first-order valence-corrected chi connectivity index (χ1v) is 8.08. The molecule has 2 aromatic rings. The molecule has 0 aromatic heterocycles. The smallest absolute Gasteiger partial charge is 0.0987 e. The summed E-state index contributed by atoms with van der Waals surface area (Å²) < 4.78 is 0.923. The lowest BCUT2D eigenvalue weighted by Crippen LogP contribution is -2.51. The Morgan fingerprint density at radius 2 is 1.86 bits per heavy atom. The van der Waals surface area contributed by atoms with Gasteiger partial charge in [-0.25, -0.2) is 0 Å². The maximum atomic E-state index is 11.5. The molecule has 2 atom stereocenters. The highest BCUT2D eigenvalue weighted by atomic mass is 79.9. The number of benzene rings is 2. The fraction of sp³-hybridized carbons (Fsp3) is 0.333. The molecule has 0 heterocycles. The van der Waals surface area contributed by atoms with Crippen LogP contribution in [0.15, 0.2) is 53.0 Å². The SMILES string of the molecule is CC(O)(c1ccccc1Br)C1(CN)CCc2ccccc21. The first kappa shape index (κ1) is 14.8. The second kappa shape index (κ2) is 5.24. The van der Waals surface area contributed by atoms with E-state index in [-0.39, 0.29) is 0 Å². The first-order valence-electron chi connectivity index (χ1n) is 7.29. The van der Waals surface area contributed by atoms with Gasteiger partial charge in [-0.15, -0.1) is 0 Å². The van der Waals surface area contributed by atoms with Crippen LogP contribution in [0.25, 0.3) is 0 Å². The third-order valence-corrected chi connectivity index (χ3v) is 5.72. The van der Waals surface area contributed by atoms with Gasteiger partial charge in [-0.2, -0.15) is 0 Å². The molecule has 0 bridgehead atoms. The molecule has 1 aliphatic carbocycles. The number of rotatable bonds is 3. The minimum Gasteiger partial charge on any atom is -0.384 e. The Morgan fingerprint density at radius 3 is 2.57 bits per heavy atom. The molecule has 0 aliphatic heterocycles. The van der Waals surface area contributed by atoms with E-state index in [4.69, 9.17) is 5.73 Å². The van der Waals surface area contributed by atoms with Crippen molar-refractivity contribution < 1.29 is 5.11 Å². The molecule has 3 N–H and O–H groups in total. The van der Waals surface area contributed by atoms with Crippen molar-refractivity contribution >= 4 is 15.9 Å². The van der Waals surface area contributed by atoms with Crippen molar-refractivity contribution in [3.8, 4) is 0 Å². The Balaban J connectivity index is 2.19. The number of aryl methyl sites for hydroxylation is 1. The molecule has 2 unspecified atom stereocenters. The fourth-order valence-electron chi connectivity index (χ4n) is 3.72. The summed E-state index contributed by atoms with van der Waals surface area (Å²) in [4.78, 5) is 0. The van der Waals surface area contributed by atoms with Crippen molar-refractivity contribution in [3.63, 3.8) is 0 Å². The van der Waals surface area contributed by atoms with E-state index in [2.05, 4.69) is 34.1 Å². The highest BCUT2D eigenvalue weighted by Gasteiger charge is 2.52. The van der Waals surface area contributed by atoms with Crippen LogP contribution in [0.4, 0.5) is 0 Å². The highest BCUT2D eigenvalue weighted by molar-refractivity contribution is 9.10. The Kier molecular flexibility index (Phi) is 3.68. The Morgan fingerprint density at radius 1 is 1.19 bits per heavy atom. The summed E-state index contributed by atoms with van der Waals surface area (Å²) in [5.74, 6) is 0. The van der Waals surface area contributed by atoms with Gasteiger partial charge < -0.3 is 10.8 Å². The van der Waals surface area contributed by atoms with Crippen LogP contribution in [0.1, 0.15) is 30.0 Å². The van der Waals surface area contributed by atoms with Crippen LogP contribution in [0.2, 0.25) is 0 Å². The van der Waals surface area contributed by atoms with E-state index in [1.54, 1.807) is 0 Å². The summed E-state index contributed by atoms with van der Waals surface area (Å²) in [7, 11) is 0. The van der Waals surface area contributed by atoms with Gasteiger partial charge in [0.1, 0.15) is 0 Å². The predicted molar refractivity (Wildman–Crippen MR) is 89.2 cm³/mol. The van der Waals surface area contributed by atoms with Gasteiger partial charge in [0, 0.05) is 16.4 Å². The molecule has 0 fully saturated rings. The van der Waals surface area contributed by atoms with Crippen LogP contribution in [-0.4, -0.2) is 11.7 Å². The topological polar surface area (TPSA) is 46.2 Å². The number of aliphatic hydroxyl groups is 1. The zero-order valence-electron chi connectivity index (χ0n) is 12.1. The lowest BCUT2D eigenvalue weighted by atomic mass is 9.65. The van der Waals surface area contributed by atoms with Gasteiger partial charge in [0.05, 0.1) is 5.60 Å². The van der Waals surface area contributed by atoms with Gasteiger partial charge >= 0.3 is 0 Å². The Bertz CT molecular complexity index is 668. The van der Waals surface area contributed by atoms with Gasteiger partial charge in [0.15, 0.2) is 0 Å². The van der Waals surface area contributed by atoms with Crippen molar-refractivity contribution in [2.45, 2.75) is 30.8 Å². The molecule has 3 heteroatoms. The molecule has 0 saturated heterocycles. The average molecular weight is 346 g/mol. The minimum absolute atomic E-state index is 0.429. The van der Waals surface area contributed by atoms with E-state index < -0.39 is 11.0 Å². The van der Waals surface area contributed by atoms with E-state index in [0.717, 1.165) is 22.9 Å². The summed E-state index contributed by atoms with van der Waals surface area (Å²) >= 11 is 3.57. The zero-order valence-corrected chi connectivity index (χ0v) is 13.7. The summed E-state index contributed by atoms with van der Waals surface area (Å²) in [6.07, 6.45) is 1.84. The molecule has 0 spiro atoms. The summed E-state index contributed by atoms with van der Waals surface area (Å²) in [5, 5.41) is 11.5. The lowest BCUT2D eigenvalue weighted by molar-refractivity contribution is -0.0266. The molecular formula is C18H20BrNO. The highest BCUT2D eigenvalue weighted by Crippen LogP contribution is 2.51. The van der Waals surface area contributed by atoms with Crippen LogP contribution >= 0.6 is 15.9 Å². The molecule has 0 saturated carbocycles. The van der Waals surface area contributed by atoms with Crippen LogP contribution in [0.3, 0.4) is 0 Å². The van der Waals surface area contributed by atoms with Crippen LogP contribution in [-0.2, 0) is 17.4 Å². The van der Waals surface area contributed by atoms with Gasteiger partial charge in [0.2, 0.25) is 0 Å². The van der Waals surface area contributed by atoms with E-state index >= 15 is 0 Å². The van der Waals surface area contributed by atoms with Crippen LogP contribution < -0.4 is 5.73 Å². The number of halogens is 1. The van der Waals surface area contributed by atoms with Gasteiger partial charge in [-0.05, 0) is 42.5 Å². The molecular weight excluding hydrogens is 326 g/mol. The normalized spacial score (nSPS) is 23.6. The van der Waals surface area contributed by atoms with Crippen LogP contribution in [0.5, 0.6) is 0 Å². The summed E-state index contributed by atoms with van der Waals surface area (Å²) in [6.45, 7) is 2.32. The van der Waals surface area contributed by atoms with E-state index in [1.807, 2.05) is 37.3 Å². The maximum Gasteiger partial charge on any atom is 0.0987 e. The quantitative estimate of drug-likeness (QED) is 0.894. The summed E-state index contributed by atoms with van der Waals surface area (Å²) in [6, 6.07) is 16.2. The number of nitrogens with two attached hydrogens (primary N) is 1. The largest absolute Gasteiger partial charge is 0.384 e. The molecule has 2 nitrogen and oxygen atoms in total. The second-order valence-electron chi connectivity index (χ2n) is 6.00. The molecule has 110 valence electrons. The third kappa shape index (κ3) is 2.07. The standard InChI is InChI=1S/C18H20BrNO/c1-17(21,15-8-4-5-9-16(15)19)18(12-20)11-10-13-6-2-3-7-14(13)18/h2-9,21H,10-12,20H2,1H3.